The number of rotatable bonds is 5. The lowest BCUT2D eigenvalue weighted by Gasteiger charge is -2.33. The molecule has 0 radical (unpaired) electrons. The van der Waals surface area contributed by atoms with E-state index >= 15 is 0 Å². The monoisotopic (exact) mass is 460 g/mol. The Morgan fingerprint density at radius 3 is 1.78 bits per heavy atom. The van der Waals surface area contributed by atoms with E-state index in [0.29, 0.717) is 0 Å². The van der Waals surface area contributed by atoms with E-state index in [9.17, 15) is 0 Å². The van der Waals surface area contributed by atoms with Gasteiger partial charge in [-0.1, -0.05) is 83.9 Å². The first-order valence-corrected chi connectivity index (χ1v) is 11.8. The molecule has 0 bridgehead atoms. The zero-order valence-electron chi connectivity index (χ0n) is 18.1. The molecule has 0 unspecified atom stereocenters. The fraction of sp³-hybridized carbons (Fsp3) is 0.214. The third-order valence-corrected chi connectivity index (χ3v) is 6.91. The van der Waals surface area contributed by atoms with Gasteiger partial charge in [0.2, 0.25) is 0 Å². The average molecular weight is 461 g/mol. The molecule has 1 saturated heterocycles. The molecule has 1 fully saturated rings. The van der Waals surface area contributed by atoms with Crippen LogP contribution in [0.3, 0.4) is 0 Å². The molecule has 4 aromatic carbocycles. The maximum atomic E-state index is 6.13. The molecule has 162 valence electrons. The lowest BCUT2D eigenvalue weighted by Crippen LogP contribution is -2.31. The van der Waals surface area contributed by atoms with Crippen LogP contribution in [0.1, 0.15) is 28.4 Å². The van der Waals surface area contributed by atoms with E-state index in [0.717, 1.165) is 36.2 Å². The molecule has 0 spiro atoms. The summed E-state index contributed by atoms with van der Waals surface area (Å²) in [5.41, 5.74) is 5.30. The first-order chi connectivity index (χ1) is 15.6. The van der Waals surface area contributed by atoms with E-state index in [1.54, 1.807) is 0 Å². The molecule has 2 nitrogen and oxygen atoms in total. The third-order valence-electron chi connectivity index (χ3n) is 6.41. The van der Waals surface area contributed by atoms with Gasteiger partial charge in [-0.05, 0) is 64.2 Å². The van der Waals surface area contributed by atoms with Gasteiger partial charge in [0.1, 0.15) is 0 Å². The lowest BCUT2D eigenvalue weighted by atomic mass is 9.96. The van der Waals surface area contributed by atoms with Crippen molar-refractivity contribution in [2.45, 2.75) is 26.2 Å². The van der Waals surface area contributed by atoms with E-state index in [-0.39, 0.29) is 6.17 Å². The van der Waals surface area contributed by atoms with Gasteiger partial charge in [-0.3, -0.25) is 9.80 Å². The normalized spacial score (nSPS) is 15.6. The summed E-state index contributed by atoms with van der Waals surface area (Å²) in [6.45, 7) is 6.05. The molecule has 0 amide bonds. The van der Waals surface area contributed by atoms with E-state index in [2.05, 4.69) is 77.4 Å². The third kappa shape index (κ3) is 4.42. The number of benzene rings is 4. The first kappa shape index (κ1) is 21.5. The quantitative estimate of drug-likeness (QED) is 0.304. The first-order valence-electron chi connectivity index (χ1n) is 11.0. The van der Waals surface area contributed by atoms with Crippen molar-refractivity contribution in [1.29, 1.82) is 0 Å². The van der Waals surface area contributed by atoms with E-state index in [4.69, 9.17) is 23.2 Å². The highest BCUT2D eigenvalue weighted by Crippen LogP contribution is 2.38. The van der Waals surface area contributed by atoms with E-state index in [1.165, 1.54) is 33.0 Å². The summed E-state index contributed by atoms with van der Waals surface area (Å²) in [4.78, 5) is 5.18. The Morgan fingerprint density at radius 2 is 1.22 bits per heavy atom. The summed E-state index contributed by atoms with van der Waals surface area (Å²) >= 11 is 12.3. The maximum Gasteiger partial charge on any atom is 0.0901 e. The number of halogens is 2. The van der Waals surface area contributed by atoms with Crippen LogP contribution in [-0.2, 0) is 13.1 Å². The van der Waals surface area contributed by atoms with Crippen LogP contribution in [0, 0.1) is 6.92 Å². The van der Waals surface area contributed by atoms with Gasteiger partial charge < -0.3 is 0 Å². The van der Waals surface area contributed by atoms with Crippen molar-refractivity contribution in [2.24, 2.45) is 0 Å². The maximum absolute atomic E-state index is 6.13. The van der Waals surface area contributed by atoms with Crippen LogP contribution in [0.25, 0.3) is 10.8 Å². The van der Waals surface area contributed by atoms with Gasteiger partial charge in [0.15, 0.2) is 0 Å². The van der Waals surface area contributed by atoms with Gasteiger partial charge in [0.05, 0.1) is 6.17 Å². The minimum Gasteiger partial charge on any atom is -0.278 e. The SMILES string of the molecule is Cc1ccc2ccccc2c1C1N(Cc2ccc(Cl)cc2)CCN1Cc1ccc(Cl)cc1. The van der Waals surface area contributed by atoms with Gasteiger partial charge in [0, 0.05) is 36.2 Å². The Hall–Kier alpha value is -2.36. The Balaban J connectivity index is 1.55. The van der Waals surface area contributed by atoms with Gasteiger partial charge in [-0.15, -0.1) is 0 Å². The van der Waals surface area contributed by atoms with Crippen LogP contribution < -0.4 is 0 Å². The molecule has 0 saturated carbocycles. The van der Waals surface area contributed by atoms with Crippen molar-refractivity contribution in [3.63, 3.8) is 0 Å². The predicted octanol–water partition coefficient (Wildman–Crippen LogP) is 7.47. The molecular weight excluding hydrogens is 435 g/mol. The van der Waals surface area contributed by atoms with Gasteiger partial charge in [0.25, 0.3) is 0 Å². The van der Waals surface area contributed by atoms with Crippen molar-refractivity contribution >= 4 is 34.0 Å². The minimum atomic E-state index is 0.201. The summed E-state index contributed by atoms with van der Waals surface area (Å²) < 4.78 is 0. The van der Waals surface area contributed by atoms with Crippen molar-refractivity contribution < 1.29 is 0 Å². The lowest BCUT2D eigenvalue weighted by molar-refractivity contribution is 0.126. The summed E-state index contributed by atoms with van der Waals surface area (Å²) in [5, 5.41) is 4.18. The fourth-order valence-corrected chi connectivity index (χ4v) is 5.08. The number of aryl methyl sites for hydroxylation is 1. The van der Waals surface area contributed by atoms with Crippen molar-refractivity contribution in [1.82, 2.24) is 9.80 Å². The van der Waals surface area contributed by atoms with Crippen LogP contribution in [0.4, 0.5) is 0 Å². The fourth-order valence-electron chi connectivity index (χ4n) is 4.82. The Kier molecular flexibility index (Phi) is 6.21. The molecule has 0 N–H and O–H groups in total. The summed E-state index contributed by atoms with van der Waals surface area (Å²) in [5.74, 6) is 0. The van der Waals surface area contributed by atoms with Crippen molar-refractivity contribution in [3.8, 4) is 0 Å². The molecule has 5 rings (SSSR count). The molecular formula is C28H26Cl2N2. The highest BCUT2D eigenvalue weighted by atomic mass is 35.5. The van der Waals surface area contributed by atoms with E-state index < -0.39 is 0 Å². The second-order valence-corrected chi connectivity index (χ2v) is 9.46. The van der Waals surface area contributed by atoms with Crippen LogP contribution >= 0.6 is 23.2 Å². The van der Waals surface area contributed by atoms with Gasteiger partial charge >= 0.3 is 0 Å². The number of nitrogens with zero attached hydrogens (tertiary/aromatic N) is 2. The predicted molar refractivity (Wildman–Crippen MR) is 135 cm³/mol. The zero-order valence-corrected chi connectivity index (χ0v) is 19.7. The molecule has 0 atom stereocenters. The number of hydrogen-bond acceptors (Lipinski definition) is 2. The summed E-state index contributed by atoms with van der Waals surface area (Å²) in [6.07, 6.45) is 0.201. The molecule has 32 heavy (non-hydrogen) atoms. The van der Waals surface area contributed by atoms with E-state index in [1.807, 2.05) is 24.3 Å². The molecule has 0 aliphatic carbocycles. The molecule has 1 aliphatic rings. The second kappa shape index (κ2) is 9.25. The van der Waals surface area contributed by atoms with Gasteiger partial charge in [-0.25, -0.2) is 0 Å². The van der Waals surface area contributed by atoms with Crippen LogP contribution in [0.5, 0.6) is 0 Å². The highest BCUT2D eigenvalue weighted by Gasteiger charge is 2.35. The molecule has 1 aliphatic heterocycles. The summed E-state index contributed by atoms with van der Waals surface area (Å²) in [6, 6.07) is 29.7. The Labute approximate surface area is 200 Å². The largest absolute Gasteiger partial charge is 0.278 e. The number of hydrogen-bond donors (Lipinski definition) is 0. The van der Waals surface area contributed by atoms with Gasteiger partial charge in [-0.2, -0.15) is 0 Å². The Morgan fingerprint density at radius 1 is 0.688 bits per heavy atom. The average Bonchev–Trinajstić information content (AvgIpc) is 3.18. The van der Waals surface area contributed by atoms with Crippen molar-refractivity contribution in [3.05, 3.63) is 117 Å². The smallest absolute Gasteiger partial charge is 0.0901 e. The Bertz CT molecular complexity index is 1160. The minimum absolute atomic E-state index is 0.201. The second-order valence-electron chi connectivity index (χ2n) is 8.58. The van der Waals surface area contributed by atoms with Crippen LogP contribution in [-0.4, -0.2) is 22.9 Å². The highest BCUT2D eigenvalue weighted by molar-refractivity contribution is 6.30. The van der Waals surface area contributed by atoms with Crippen molar-refractivity contribution in [2.75, 3.05) is 13.1 Å². The summed E-state index contributed by atoms with van der Waals surface area (Å²) in [7, 11) is 0. The molecule has 0 aromatic heterocycles. The zero-order chi connectivity index (χ0) is 22.1. The standard InChI is InChI=1S/C28H26Cl2N2/c1-20-6-11-23-4-2-3-5-26(23)27(20)28-31(18-21-7-12-24(29)13-8-21)16-17-32(28)19-22-9-14-25(30)15-10-22/h2-15,28H,16-19H2,1H3. The number of fused-ring (bicyclic) bond motifs is 1. The topological polar surface area (TPSA) is 6.48 Å². The van der Waals surface area contributed by atoms with Crippen LogP contribution in [0.2, 0.25) is 10.0 Å². The van der Waals surface area contributed by atoms with Crippen LogP contribution in [0.15, 0.2) is 84.9 Å². The molecule has 4 heteroatoms. The molecule has 4 aromatic rings. The molecule has 1 heterocycles.